The van der Waals surface area contributed by atoms with Crippen LogP contribution in [0.4, 0.5) is 5.82 Å². The molecular formula is C15H17N3O2. The van der Waals surface area contributed by atoms with Crippen LogP contribution in [-0.4, -0.2) is 15.9 Å². The van der Waals surface area contributed by atoms with E-state index in [4.69, 9.17) is 4.42 Å². The van der Waals surface area contributed by atoms with Crippen LogP contribution in [0.1, 0.15) is 48.8 Å². The van der Waals surface area contributed by atoms with E-state index in [-0.39, 0.29) is 11.8 Å². The quantitative estimate of drug-likeness (QED) is 0.928. The fourth-order valence-electron chi connectivity index (χ4n) is 2.14. The van der Waals surface area contributed by atoms with Crippen LogP contribution in [0.2, 0.25) is 0 Å². The minimum atomic E-state index is -0.349. The molecule has 5 heteroatoms. The van der Waals surface area contributed by atoms with Gasteiger partial charge < -0.3 is 9.73 Å². The number of rotatable bonds is 4. The zero-order chi connectivity index (χ0) is 14.1. The van der Waals surface area contributed by atoms with Gasteiger partial charge in [0.2, 0.25) is 5.91 Å². The van der Waals surface area contributed by atoms with Crippen molar-refractivity contribution >= 4 is 11.7 Å². The maximum atomic E-state index is 12.3. The molecule has 1 fully saturated rings. The fraction of sp³-hybridized carbons (Fsp3) is 0.400. The molecular weight excluding hydrogens is 254 g/mol. The lowest BCUT2D eigenvalue weighted by Gasteiger charge is -2.11. The van der Waals surface area contributed by atoms with E-state index in [1.165, 1.54) is 0 Å². The van der Waals surface area contributed by atoms with Crippen LogP contribution >= 0.6 is 0 Å². The van der Waals surface area contributed by atoms with Gasteiger partial charge in [0.15, 0.2) is 5.82 Å². The van der Waals surface area contributed by atoms with Crippen molar-refractivity contribution in [3.63, 3.8) is 0 Å². The highest BCUT2D eigenvalue weighted by molar-refractivity contribution is 5.94. The lowest BCUT2D eigenvalue weighted by Crippen LogP contribution is -2.20. The first-order valence-electron chi connectivity index (χ1n) is 6.83. The van der Waals surface area contributed by atoms with Gasteiger partial charge in [0.1, 0.15) is 11.5 Å². The molecule has 0 radical (unpaired) electrons. The van der Waals surface area contributed by atoms with E-state index in [1.54, 1.807) is 12.4 Å². The summed E-state index contributed by atoms with van der Waals surface area (Å²) in [5.74, 6) is 2.02. The number of carbonyl (C=O) groups excluding carboxylic acids is 1. The Kier molecular flexibility index (Phi) is 3.26. The number of hydrogen-bond donors (Lipinski definition) is 1. The average molecular weight is 271 g/mol. The Labute approximate surface area is 117 Å². The van der Waals surface area contributed by atoms with Gasteiger partial charge in [-0.25, -0.2) is 4.98 Å². The lowest BCUT2D eigenvalue weighted by molar-refractivity contribution is -0.117. The SMILES string of the molecule is Cc1ccc(C(C)C(=O)Nc2nccnc2C2CC2)o1. The summed E-state index contributed by atoms with van der Waals surface area (Å²) in [6.45, 7) is 3.68. The monoisotopic (exact) mass is 271 g/mol. The molecule has 2 aromatic heterocycles. The normalized spacial score (nSPS) is 15.9. The van der Waals surface area contributed by atoms with Crippen LogP contribution in [0, 0.1) is 6.92 Å². The molecule has 1 saturated carbocycles. The maximum absolute atomic E-state index is 12.3. The molecule has 0 bridgehead atoms. The Morgan fingerprint density at radius 1 is 1.35 bits per heavy atom. The highest BCUT2D eigenvalue weighted by Crippen LogP contribution is 2.41. The first-order chi connectivity index (χ1) is 9.65. The van der Waals surface area contributed by atoms with Crippen molar-refractivity contribution in [3.05, 3.63) is 41.7 Å². The number of carbonyl (C=O) groups is 1. The summed E-state index contributed by atoms with van der Waals surface area (Å²) in [6.07, 6.45) is 5.51. The third-order valence-electron chi connectivity index (χ3n) is 3.51. The number of nitrogens with one attached hydrogen (secondary N) is 1. The van der Waals surface area contributed by atoms with E-state index < -0.39 is 0 Å². The standard InChI is InChI=1S/C15H17N3O2/c1-9-3-6-12(20-9)10(2)15(19)18-14-13(11-4-5-11)16-7-8-17-14/h3,6-8,10-11H,4-5H2,1-2H3,(H,17,18,19). The molecule has 104 valence electrons. The molecule has 0 saturated heterocycles. The number of aromatic nitrogens is 2. The second-order valence-electron chi connectivity index (χ2n) is 5.22. The van der Waals surface area contributed by atoms with E-state index in [1.807, 2.05) is 26.0 Å². The molecule has 2 aromatic rings. The van der Waals surface area contributed by atoms with Crippen molar-refractivity contribution in [2.24, 2.45) is 0 Å². The van der Waals surface area contributed by atoms with Crippen LogP contribution in [0.3, 0.4) is 0 Å². The second-order valence-corrected chi connectivity index (χ2v) is 5.22. The number of hydrogen-bond acceptors (Lipinski definition) is 4. The van der Waals surface area contributed by atoms with E-state index in [0.717, 1.165) is 24.3 Å². The van der Waals surface area contributed by atoms with Crippen LogP contribution < -0.4 is 5.32 Å². The molecule has 1 aliphatic rings. The van der Waals surface area contributed by atoms with Crippen LogP contribution in [0.25, 0.3) is 0 Å². The van der Waals surface area contributed by atoms with Gasteiger partial charge >= 0.3 is 0 Å². The van der Waals surface area contributed by atoms with Crippen LogP contribution in [0.5, 0.6) is 0 Å². The Morgan fingerprint density at radius 3 is 2.75 bits per heavy atom. The van der Waals surface area contributed by atoms with Crippen molar-refractivity contribution in [2.75, 3.05) is 5.32 Å². The predicted molar refractivity (Wildman–Crippen MR) is 74.5 cm³/mol. The highest BCUT2D eigenvalue weighted by Gasteiger charge is 2.29. The lowest BCUT2D eigenvalue weighted by atomic mass is 10.1. The first kappa shape index (κ1) is 12.8. The van der Waals surface area contributed by atoms with Crippen molar-refractivity contribution in [3.8, 4) is 0 Å². The molecule has 0 spiro atoms. The Balaban J connectivity index is 1.76. The predicted octanol–water partition coefficient (Wildman–Crippen LogP) is 3.00. The summed E-state index contributed by atoms with van der Waals surface area (Å²) in [4.78, 5) is 20.8. The molecule has 1 amide bonds. The zero-order valence-corrected chi connectivity index (χ0v) is 11.6. The summed E-state index contributed by atoms with van der Waals surface area (Å²) in [6, 6.07) is 3.69. The van der Waals surface area contributed by atoms with Gasteiger partial charge in [-0.15, -0.1) is 0 Å². The zero-order valence-electron chi connectivity index (χ0n) is 11.6. The van der Waals surface area contributed by atoms with Gasteiger partial charge in [0.05, 0.1) is 11.6 Å². The van der Waals surface area contributed by atoms with Crippen molar-refractivity contribution in [1.29, 1.82) is 0 Å². The van der Waals surface area contributed by atoms with Gasteiger partial charge in [0.25, 0.3) is 0 Å². The smallest absolute Gasteiger partial charge is 0.236 e. The van der Waals surface area contributed by atoms with Crippen LogP contribution in [0.15, 0.2) is 28.9 Å². The van der Waals surface area contributed by atoms with Gasteiger partial charge in [-0.1, -0.05) is 0 Å². The number of anilines is 1. The third kappa shape index (κ3) is 2.57. The third-order valence-corrected chi connectivity index (χ3v) is 3.51. The van der Waals surface area contributed by atoms with Gasteiger partial charge in [-0.05, 0) is 38.8 Å². The topological polar surface area (TPSA) is 68.0 Å². The van der Waals surface area contributed by atoms with E-state index in [0.29, 0.717) is 17.5 Å². The average Bonchev–Trinajstić information content (AvgIpc) is 3.20. The van der Waals surface area contributed by atoms with E-state index >= 15 is 0 Å². The molecule has 0 aliphatic heterocycles. The summed E-state index contributed by atoms with van der Waals surface area (Å²) >= 11 is 0. The fourth-order valence-corrected chi connectivity index (χ4v) is 2.14. The highest BCUT2D eigenvalue weighted by atomic mass is 16.3. The molecule has 2 heterocycles. The largest absolute Gasteiger partial charge is 0.466 e. The minimum absolute atomic E-state index is 0.123. The Morgan fingerprint density at radius 2 is 2.10 bits per heavy atom. The molecule has 1 atom stereocenters. The minimum Gasteiger partial charge on any atom is -0.466 e. The molecule has 1 unspecified atom stereocenters. The van der Waals surface area contributed by atoms with Crippen molar-refractivity contribution < 1.29 is 9.21 Å². The second kappa shape index (κ2) is 5.07. The molecule has 0 aromatic carbocycles. The molecule has 3 rings (SSSR count). The molecule has 5 nitrogen and oxygen atoms in total. The summed E-state index contributed by atoms with van der Waals surface area (Å²) in [5, 5.41) is 2.87. The summed E-state index contributed by atoms with van der Waals surface area (Å²) in [7, 11) is 0. The number of nitrogens with zero attached hydrogens (tertiary/aromatic N) is 2. The Bertz CT molecular complexity index is 632. The summed E-state index contributed by atoms with van der Waals surface area (Å²) in [5.41, 5.74) is 0.892. The number of furan rings is 1. The summed E-state index contributed by atoms with van der Waals surface area (Å²) < 4.78 is 5.50. The Hall–Kier alpha value is -2.17. The van der Waals surface area contributed by atoms with Crippen molar-refractivity contribution in [2.45, 2.75) is 38.5 Å². The molecule has 1 aliphatic carbocycles. The van der Waals surface area contributed by atoms with Gasteiger partial charge in [-0.3, -0.25) is 9.78 Å². The number of aryl methyl sites for hydroxylation is 1. The maximum Gasteiger partial charge on any atom is 0.236 e. The van der Waals surface area contributed by atoms with E-state index in [9.17, 15) is 4.79 Å². The van der Waals surface area contributed by atoms with Gasteiger partial charge in [-0.2, -0.15) is 0 Å². The first-order valence-corrected chi connectivity index (χ1v) is 6.83. The molecule has 20 heavy (non-hydrogen) atoms. The van der Waals surface area contributed by atoms with Crippen molar-refractivity contribution in [1.82, 2.24) is 9.97 Å². The number of amides is 1. The van der Waals surface area contributed by atoms with E-state index in [2.05, 4.69) is 15.3 Å². The van der Waals surface area contributed by atoms with Crippen LogP contribution in [-0.2, 0) is 4.79 Å². The van der Waals surface area contributed by atoms with Gasteiger partial charge in [0, 0.05) is 18.3 Å². The molecule has 1 N–H and O–H groups in total.